The summed E-state index contributed by atoms with van der Waals surface area (Å²) in [5, 5.41) is 3.19. The van der Waals surface area contributed by atoms with Crippen LogP contribution in [0.25, 0.3) is 0 Å². The van der Waals surface area contributed by atoms with Crippen LogP contribution in [-0.2, 0) is 9.84 Å². The zero-order chi connectivity index (χ0) is 7.19. The van der Waals surface area contributed by atoms with Gasteiger partial charge in [0.1, 0.15) is 0 Å². The lowest BCUT2D eigenvalue weighted by atomic mass is 10.1. The van der Waals surface area contributed by atoms with E-state index in [-0.39, 0.29) is 6.04 Å². The zero-order valence-electron chi connectivity index (χ0n) is 5.71. The van der Waals surface area contributed by atoms with E-state index in [0.717, 1.165) is 13.0 Å². The Labute approximate surface area is 60.7 Å². The maximum absolute atomic E-state index is 11.0. The van der Waals surface area contributed by atoms with Crippen molar-refractivity contribution < 1.29 is 8.42 Å². The van der Waals surface area contributed by atoms with Gasteiger partial charge in [-0.1, -0.05) is 0 Å². The fourth-order valence-corrected chi connectivity index (χ4v) is 4.01. The van der Waals surface area contributed by atoms with Gasteiger partial charge in [0.2, 0.25) is 0 Å². The van der Waals surface area contributed by atoms with Gasteiger partial charge in [0.05, 0.1) is 11.5 Å². The lowest BCUT2D eigenvalue weighted by Gasteiger charge is -2.02. The average Bonchev–Trinajstić information content (AvgIpc) is 2.20. The molecule has 2 aliphatic rings. The highest BCUT2D eigenvalue weighted by molar-refractivity contribution is 7.91. The molecule has 0 aromatic carbocycles. The smallest absolute Gasteiger partial charge is 0.152 e. The van der Waals surface area contributed by atoms with Crippen LogP contribution < -0.4 is 5.32 Å². The highest BCUT2D eigenvalue weighted by Gasteiger charge is 2.39. The number of rotatable bonds is 0. The Balaban J connectivity index is 2.21. The van der Waals surface area contributed by atoms with Crippen LogP contribution >= 0.6 is 0 Å². The summed E-state index contributed by atoms with van der Waals surface area (Å²) in [5.41, 5.74) is 0. The van der Waals surface area contributed by atoms with E-state index in [1.807, 2.05) is 0 Å². The van der Waals surface area contributed by atoms with Crippen molar-refractivity contribution in [2.45, 2.75) is 12.5 Å². The summed E-state index contributed by atoms with van der Waals surface area (Å²) in [4.78, 5) is 0. The summed E-state index contributed by atoms with van der Waals surface area (Å²) in [7, 11) is -2.67. The van der Waals surface area contributed by atoms with Crippen molar-refractivity contribution in [2.24, 2.45) is 5.92 Å². The molecule has 1 N–H and O–H groups in total. The molecule has 0 aromatic heterocycles. The molecule has 0 radical (unpaired) electrons. The topological polar surface area (TPSA) is 46.2 Å². The predicted molar refractivity (Wildman–Crippen MR) is 38.6 cm³/mol. The molecule has 2 aliphatic heterocycles. The van der Waals surface area contributed by atoms with Gasteiger partial charge in [0.15, 0.2) is 9.84 Å². The molecule has 0 bridgehead atoms. The molecule has 2 saturated heterocycles. The van der Waals surface area contributed by atoms with E-state index in [2.05, 4.69) is 5.32 Å². The van der Waals surface area contributed by atoms with Crippen LogP contribution in [0.15, 0.2) is 0 Å². The molecule has 2 fully saturated rings. The minimum absolute atomic E-state index is 0.282. The quantitative estimate of drug-likeness (QED) is 0.515. The molecule has 0 aliphatic carbocycles. The first-order valence-corrected chi connectivity index (χ1v) is 5.43. The van der Waals surface area contributed by atoms with E-state index >= 15 is 0 Å². The number of hydrogen-bond donors (Lipinski definition) is 1. The van der Waals surface area contributed by atoms with Crippen LogP contribution in [0.5, 0.6) is 0 Å². The van der Waals surface area contributed by atoms with Crippen molar-refractivity contribution in [2.75, 3.05) is 18.1 Å². The second-order valence-electron chi connectivity index (χ2n) is 3.19. The van der Waals surface area contributed by atoms with E-state index in [1.165, 1.54) is 0 Å². The van der Waals surface area contributed by atoms with Gasteiger partial charge in [-0.15, -0.1) is 0 Å². The molecule has 58 valence electrons. The van der Waals surface area contributed by atoms with Crippen LogP contribution in [0.3, 0.4) is 0 Å². The molecule has 2 atom stereocenters. The van der Waals surface area contributed by atoms with Gasteiger partial charge in [-0.05, 0) is 18.9 Å². The van der Waals surface area contributed by atoms with Gasteiger partial charge in [-0.3, -0.25) is 0 Å². The molecule has 10 heavy (non-hydrogen) atoms. The summed E-state index contributed by atoms with van der Waals surface area (Å²) < 4.78 is 22.0. The van der Waals surface area contributed by atoms with Crippen LogP contribution in [0, 0.1) is 5.92 Å². The van der Waals surface area contributed by atoms with Gasteiger partial charge in [-0.2, -0.15) is 0 Å². The van der Waals surface area contributed by atoms with Crippen LogP contribution in [0.1, 0.15) is 6.42 Å². The van der Waals surface area contributed by atoms with Gasteiger partial charge in [0.25, 0.3) is 0 Å². The Morgan fingerprint density at radius 2 is 2.10 bits per heavy atom. The third-order valence-corrected chi connectivity index (χ3v) is 4.20. The second kappa shape index (κ2) is 1.95. The van der Waals surface area contributed by atoms with Crippen molar-refractivity contribution >= 4 is 9.84 Å². The first-order chi connectivity index (χ1) is 4.67. The van der Waals surface area contributed by atoms with E-state index in [0.29, 0.717) is 17.4 Å². The van der Waals surface area contributed by atoms with Crippen molar-refractivity contribution in [3.8, 4) is 0 Å². The molecular formula is C6H11NO2S. The normalized spacial score (nSPS) is 43.6. The Hall–Kier alpha value is -0.0900. The lowest BCUT2D eigenvalue weighted by Crippen LogP contribution is -2.26. The van der Waals surface area contributed by atoms with E-state index in [4.69, 9.17) is 0 Å². The largest absolute Gasteiger partial charge is 0.313 e. The minimum atomic E-state index is -2.67. The van der Waals surface area contributed by atoms with Crippen LogP contribution in [-0.4, -0.2) is 32.5 Å². The average molecular weight is 161 g/mol. The van der Waals surface area contributed by atoms with E-state index < -0.39 is 9.84 Å². The number of hydrogen-bond acceptors (Lipinski definition) is 3. The van der Waals surface area contributed by atoms with Gasteiger partial charge >= 0.3 is 0 Å². The summed E-state index contributed by atoms with van der Waals surface area (Å²) in [6, 6.07) is 0.282. The molecular weight excluding hydrogens is 150 g/mol. The standard InChI is InChI=1S/C6H11NO2S/c8-10(9)3-5-1-2-7-6(5)4-10/h5-7H,1-4H2. The Morgan fingerprint density at radius 3 is 2.80 bits per heavy atom. The maximum Gasteiger partial charge on any atom is 0.152 e. The highest BCUT2D eigenvalue weighted by Crippen LogP contribution is 2.25. The van der Waals surface area contributed by atoms with Gasteiger partial charge in [-0.25, -0.2) is 8.42 Å². The molecule has 2 rings (SSSR count). The molecule has 0 amide bonds. The Bertz CT molecular complexity index is 216. The first kappa shape index (κ1) is 6.61. The molecule has 3 nitrogen and oxygen atoms in total. The molecule has 2 unspecified atom stereocenters. The molecule has 2 heterocycles. The Morgan fingerprint density at radius 1 is 1.30 bits per heavy atom. The lowest BCUT2D eigenvalue weighted by molar-refractivity contribution is 0.556. The van der Waals surface area contributed by atoms with E-state index in [9.17, 15) is 8.42 Å². The molecule has 0 saturated carbocycles. The van der Waals surface area contributed by atoms with Crippen molar-refractivity contribution in [1.82, 2.24) is 5.32 Å². The van der Waals surface area contributed by atoms with Crippen LogP contribution in [0.4, 0.5) is 0 Å². The highest BCUT2D eigenvalue weighted by atomic mass is 32.2. The van der Waals surface area contributed by atoms with Crippen molar-refractivity contribution in [3.63, 3.8) is 0 Å². The summed E-state index contributed by atoms with van der Waals surface area (Å²) in [6.07, 6.45) is 1.05. The maximum atomic E-state index is 11.0. The predicted octanol–water partition coefficient (Wildman–Crippen LogP) is -0.607. The van der Waals surface area contributed by atoms with Gasteiger partial charge < -0.3 is 5.32 Å². The summed E-state index contributed by atoms with van der Waals surface area (Å²) in [5.74, 6) is 1.22. The monoisotopic (exact) mass is 161 g/mol. The van der Waals surface area contributed by atoms with Crippen molar-refractivity contribution in [1.29, 1.82) is 0 Å². The summed E-state index contributed by atoms with van der Waals surface area (Å²) in [6.45, 7) is 1.00. The van der Waals surface area contributed by atoms with Gasteiger partial charge in [0, 0.05) is 6.04 Å². The minimum Gasteiger partial charge on any atom is -0.313 e. The van der Waals surface area contributed by atoms with Crippen molar-refractivity contribution in [3.05, 3.63) is 0 Å². The second-order valence-corrected chi connectivity index (χ2v) is 5.34. The first-order valence-electron chi connectivity index (χ1n) is 3.61. The third-order valence-electron chi connectivity index (χ3n) is 2.39. The number of sulfone groups is 1. The SMILES string of the molecule is O=S1(=O)CC2CCNC2C1. The molecule has 4 heteroatoms. The summed E-state index contributed by atoms with van der Waals surface area (Å²) >= 11 is 0. The fraction of sp³-hybridized carbons (Fsp3) is 1.00. The van der Waals surface area contributed by atoms with Crippen LogP contribution in [0.2, 0.25) is 0 Å². The molecule has 0 spiro atoms. The number of nitrogens with one attached hydrogen (secondary N) is 1. The number of fused-ring (bicyclic) bond motifs is 1. The molecule has 0 aromatic rings. The third kappa shape index (κ3) is 0.953. The van der Waals surface area contributed by atoms with E-state index in [1.54, 1.807) is 0 Å². The fourth-order valence-electron chi connectivity index (χ4n) is 1.88. The Kier molecular flexibility index (Phi) is 1.29. The zero-order valence-corrected chi connectivity index (χ0v) is 6.52.